The molecule has 0 N–H and O–H groups in total. The van der Waals surface area contributed by atoms with Crippen LogP contribution in [0.2, 0.25) is 5.02 Å². The van der Waals surface area contributed by atoms with Gasteiger partial charge in [-0.25, -0.2) is 0 Å². The minimum absolute atomic E-state index is 0.199. The average Bonchev–Trinajstić information content (AvgIpc) is 2.20. The van der Waals surface area contributed by atoms with Crippen LogP contribution >= 0.6 is 23.2 Å². The molecule has 1 aromatic rings. The zero-order valence-electron chi connectivity index (χ0n) is 7.93. The molecule has 4 heteroatoms. The predicted molar refractivity (Wildman–Crippen MR) is 58.1 cm³/mol. The number of halogens is 2. The van der Waals surface area contributed by atoms with Crippen LogP contribution in [0.25, 0.3) is 0 Å². The van der Waals surface area contributed by atoms with Gasteiger partial charge in [0, 0.05) is 12.2 Å². The third-order valence-electron chi connectivity index (χ3n) is 1.68. The maximum Gasteiger partial charge on any atom is 0.189 e. The standard InChI is InChI=1S/C10H12Cl2O2/c1-2-13-7-14-10-8(6-11)4-3-5-9(10)12/h3-5H,2,6-7H2,1H3. The van der Waals surface area contributed by atoms with Crippen molar-refractivity contribution in [2.24, 2.45) is 0 Å². The molecule has 2 nitrogen and oxygen atoms in total. The van der Waals surface area contributed by atoms with Gasteiger partial charge < -0.3 is 9.47 Å². The maximum atomic E-state index is 5.95. The van der Waals surface area contributed by atoms with E-state index in [1.807, 2.05) is 19.1 Å². The Bertz CT molecular complexity index is 289. The molecule has 0 saturated heterocycles. The number of rotatable bonds is 5. The van der Waals surface area contributed by atoms with Crippen LogP contribution < -0.4 is 4.74 Å². The molecule has 0 spiro atoms. The maximum absolute atomic E-state index is 5.95. The van der Waals surface area contributed by atoms with Crippen molar-refractivity contribution in [1.82, 2.24) is 0 Å². The lowest BCUT2D eigenvalue weighted by molar-refractivity contribution is 0.0220. The fourth-order valence-corrected chi connectivity index (χ4v) is 1.46. The summed E-state index contributed by atoms with van der Waals surface area (Å²) < 4.78 is 10.4. The summed E-state index contributed by atoms with van der Waals surface area (Å²) in [5.41, 5.74) is 0.874. The first-order chi connectivity index (χ1) is 6.79. The van der Waals surface area contributed by atoms with E-state index >= 15 is 0 Å². The molecule has 0 radical (unpaired) electrons. The Labute approximate surface area is 93.7 Å². The molecule has 0 aliphatic rings. The fraction of sp³-hybridized carbons (Fsp3) is 0.400. The highest BCUT2D eigenvalue weighted by Crippen LogP contribution is 2.29. The number of ether oxygens (including phenoxy) is 2. The number of hydrogen-bond acceptors (Lipinski definition) is 2. The second kappa shape index (κ2) is 6.12. The van der Waals surface area contributed by atoms with E-state index in [9.17, 15) is 0 Å². The molecular formula is C10H12Cl2O2. The molecule has 0 bridgehead atoms. The Hall–Kier alpha value is -0.440. The summed E-state index contributed by atoms with van der Waals surface area (Å²) in [6.45, 7) is 2.71. The van der Waals surface area contributed by atoms with Gasteiger partial charge in [-0.3, -0.25) is 0 Å². The Kier molecular flexibility index (Phi) is 5.09. The van der Waals surface area contributed by atoms with Crippen LogP contribution in [0.4, 0.5) is 0 Å². The second-order valence-corrected chi connectivity index (χ2v) is 3.29. The summed E-state index contributed by atoms with van der Waals surface area (Å²) in [5.74, 6) is 0.986. The van der Waals surface area contributed by atoms with Gasteiger partial charge >= 0.3 is 0 Å². The summed E-state index contributed by atoms with van der Waals surface area (Å²) in [4.78, 5) is 0. The van der Waals surface area contributed by atoms with Crippen LogP contribution in [0.15, 0.2) is 18.2 Å². The Balaban J connectivity index is 2.72. The van der Waals surface area contributed by atoms with Crippen molar-refractivity contribution in [3.63, 3.8) is 0 Å². The second-order valence-electron chi connectivity index (χ2n) is 2.62. The van der Waals surface area contributed by atoms with Crippen molar-refractivity contribution >= 4 is 23.2 Å². The highest BCUT2D eigenvalue weighted by atomic mass is 35.5. The van der Waals surface area contributed by atoms with Crippen molar-refractivity contribution < 1.29 is 9.47 Å². The first kappa shape index (κ1) is 11.6. The van der Waals surface area contributed by atoms with E-state index in [2.05, 4.69) is 0 Å². The zero-order valence-corrected chi connectivity index (χ0v) is 9.44. The summed E-state index contributed by atoms with van der Waals surface area (Å²) >= 11 is 11.7. The highest BCUT2D eigenvalue weighted by molar-refractivity contribution is 6.32. The minimum atomic E-state index is 0.199. The molecule has 0 saturated carbocycles. The Morgan fingerprint density at radius 3 is 2.79 bits per heavy atom. The van der Waals surface area contributed by atoms with E-state index < -0.39 is 0 Å². The molecule has 0 aliphatic carbocycles. The largest absolute Gasteiger partial charge is 0.466 e. The molecule has 0 atom stereocenters. The van der Waals surface area contributed by atoms with Crippen LogP contribution in [0, 0.1) is 0 Å². The van der Waals surface area contributed by atoms with Crippen LogP contribution in [-0.2, 0) is 10.6 Å². The SMILES string of the molecule is CCOCOc1c(Cl)cccc1CCl. The van der Waals surface area contributed by atoms with E-state index in [1.165, 1.54) is 0 Å². The number of benzene rings is 1. The van der Waals surface area contributed by atoms with Crippen LogP contribution in [0.3, 0.4) is 0 Å². The fourth-order valence-electron chi connectivity index (χ4n) is 1.00. The van der Waals surface area contributed by atoms with Crippen LogP contribution in [0.1, 0.15) is 12.5 Å². The van der Waals surface area contributed by atoms with Gasteiger partial charge in [-0.05, 0) is 13.0 Å². The van der Waals surface area contributed by atoms with E-state index in [-0.39, 0.29) is 6.79 Å². The van der Waals surface area contributed by atoms with Crippen molar-refractivity contribution in [3.8, 4) is 5.75 Å². The first-order valence-corrected chi connectivity index (χ1v) is 5.24. The van der Waals surface area contributed by atoms with Gasteiger partial charge in [-0.2, -0.15) is 0 Å². The highest BCUT2D eigenvalue weighted by Gasteiger charge is 2.06. The quantitative estimate of drug-likeness (QED) is 0.442. The summed E-state index contributed by atoms with van der Waals surface area (Å²) in [5, 5.41) is 0.558. The molecule has 0 aromatic heterocycles. The summed E-state index contributed by atoms with van der Waals surface area (Å²) in [6.07, 6.45) is 0. The number of alkyl halides is 1. The molecule has 0 amide bonds. The van der Waals surface area contributed by atoms with Crippen molar-refractivity contribution in [1.29, 1.82) is 0 Å². The molecule has 0 aliphatic heterocycles. The third-order valence-corrected chi connectivity index (χ3v) is 2.27. The van der Waals surface area contributed by atoms with Gasteiger partial charge in [-0.15, -0.1) is 11.6 Å². The molecule has 14 heavy (non-hydrogen) atoms. The normalized spacial score (nSPS) is 10.2. The third kappa shape index (κ3) is 3.05. The van der Waals surface area contributed by atoms with E-state index in [1.54, 1.807) is 6.07 Å². The van der Waals surface area contributed by atoms with Gasteiger partial charge in [0.15, 0.2) is 6.79 Å². The minimum Gasteiger partial charge on any atom is -0.466 e. The molecule has 0 fully saturated rings. The van der Waals surface area contributed by atoms with E-state index in [0.29, 0.717) is 23.3 Å². The predicted octanol–water partition coefficient (Wildman–Crippen LogP) is 3.45. The summed E-state index contributed by atoms with van der Waals surface area (Å²) in [6, 6.07) is 5.48. The monoisotopic (exact) mass is 234 g/mol. The van der Waals surface area contributed by atoms with E-state index in [0.717, 1.165) is 5.56 Å². The summed E-state index contributed by atoms with van der Waals surface area (Å²) in [7, 11) is 0. The van der Waals surface area contributed by atoms with Crippen LogP contribution in [-0.4, -0.2) is 13.4 Å². The molecule has 1 rings (SSSR count). The zero-order chi connectivity index (χ0) is 10.4. The smallest absolute Gasteiger partial charge is 0.189 e. The van der Waals surface area contributed by atoms with Crippen molar-refractivity contribution in [2.75, 3.05) is 13.4 Å². The van der Waals surface area contributed by atoms with Gasteiger partial charge in [0.1, 0.15) is 5.75 Å². The topological polar surface area (TPSA) is 18.5 Å². The Morgan fingerprint density at radius 2 is 2.14 bits per heavy atom. The number of para-hydroxylation sites is 1. The van der Waals surface area contributed by atoms with Crippen LogP contribution in [0.5, 0.6) is 5.75 Å². The lowest BCUT2D eigenvalue weighted by Crippen LogP contribution is -2.04. The lowest BCUT2D eigenvalue weighted by Gasteiger charge is -2.10. The lowest BCUT2D eigenvalue weighted by atomic mass is 10.2. The van der Waals surface area contributed by atoms with E-state index in [4.69, 9.17) is 32.7 Å². The molecule has 1 aromatic carbocycles. The van der Waals surface area contributed by atoms with Gasteiger partial charge in [0.2, 0.25) is 0 Å². The molecule has 78 valence electrons. The number of hydrogen-bond donors (Lipinski definition) is 0. The van der Waals surface area contributed by atoms with Crippen molar-refractivity contribution in [3.05, 3.63) is 28.8 Å². The van der Waals surface area contributed by atoms with Gasteiger partial charge in [0.05, 0.1) is 10.9 Å². The van der Waals surface area contributed by atoms with Crippen molar-refractivity contribution in [2.45, 2.75) is 12.8 Å². The van der Waals surface area contributed by atoms with Gasteiger partial charge in [0.25, 0.3) is 0 Å². The average molecular weight is 235 g/mol. The molecule has 0 heterocycles. The molecular weight excluding hydrogens is 223 g/mol. The Morgan fingerprint density at radius 1 is 1.36 bits per heavy atom. The molecule has 0 unspecified atom stereocenters. The van der Waals surface area contributed by atoms with Gasteiger partial charge in [-0.1, -0.05) is 23.7 Å². The first-order valence-electron chi connectivity index (χ1n) is 4.33.